The van der Waals surface area contributed by atoms with Gasteiger partial charge < -0.3 is 19.7 Å². The first kappa shape index (κ1) is 20.3. The summed E-state index contributed by atoms with van der Waals surface area (Å²) in [6.07, 6.45) is 3.00. The number of aromatic nitrogens is 4. The van der Waals surface area contributed by atoms with E-state index in [1.54, 1.807) is 13.8 Å². The smallest absolute Gasteiger partial charge is 0.350 e. The van der Waals surface area contributed by atoms with Crippen molar-refractivity contribution in [3.63, 3.8) is 0 Å². The molecule has 10 heteroatoms. The molecule has 0 unspecified atom stereocenters. The molecule has 0 aromatic carbocycles. The second-order valence-corrected chi connectivity index (χ2v) is 8.02. The van der Waals surface area contributed by atoms with Gasteiger partial charge in [0.05, 0.1) is 29.8 Å². The zero-order valence-electron chi connectivity index (χ0n) is 16.9. The third-order valence-corrected chi connectivity index (χ3v) is 5.90. The predicted octanol–water partition coefficient (Wildman–Crippen LogP) is 3.12. The Labute approximate surface area is 178 Å². The summed E-state index contributed by atoms with van der Waals surface area (Å²) in [5.41, 5.74) is 2.23. The van der Waals surface area contributed by atoms with E-state index in [1.165, 1.54) is 11.3 Å². The fourth-order valence-electron chi connectivity index (χ4n) is 3.31. The van der Waals surface area contributed by atoms with Crippen LogP contribution in [0, 0.1) is 6.92 Å². The van der Waals surface area contributed by atoms with Gasteiger partial charge in [0.25, 0.3) is 0 Å². The Morgan fingerprint density at radius 1 is 1.37 bits per heavy atom. The first-order valence-corrected chi connectivity index (χ1v) is 10.7. The molecule has 0 atom stereocenters. The standard InChI is InChI=1S/C20H24N6O3S/c1-3-29-18(28)17-12(2)22-20(30-17)25-19-23-15(14-5-4-8-21-14)11-16(24-19)26-9-6-13(27)7-10-26/h4-5,8,11,13,21,27H,3,6-7,9-10H2,1-2H3,(H,22,23,24,25). The fraction of sp³-hybridized carbons (Fsp3) is 0.400. The van der Waals surface area contributed by atoms with Crippen molar-refractivity contribution in [2.45, 2.75) is 32.8 Å². The van der Waals surface area contributed by atoms with Crippen LogP contribution >= 0.6 is 11.3 Å². The van der Waals surface area contributed by atoms with Crippen LogP contribution in [-0.4, -0.2) is 56.8 Å². The number of H-pyrrole nitrogens is 1. The lowest BCUT2D eigenvalue weighted by molar-refractivity contribution is 0.0531. The van der Waals surface area contributed by atoms with Gasteiger partial charge >= 0.3 is 5.97 Å². The van der Waals surface area contributed by atoms with Crippen LogP contribution in [0.4, 0.5) is 16.9 Å². The highest BCUT2D eigenvalue weighted by Crippen LogP contribution is 2.29. The minimum Gasteiger partial charge on any atom is -0.462 e. The van der Waals surface area contributed by atoms with Crippen LogP contribution in [0.2, 0.25) is 0 Å². The Morgan fingerprint density at radius 3 is 2.87 bits per heavy atom. The second kappa shape index (κ2) is 8.80. The normalized spacial score (nSPS) is 14.7. The van der Waals surface area contributed by atoms with Crippen molar-refractivity contribution < 1.29 is 14.6 Å². The number of rotatable bonds is 6. The number of nitrogens with one attached hydrogen (secondary N) is 2. The third-order valence-electron chi connectivity index (χ3n) is 4.85. The summed E-state index contributed by atoms with van der Waals surface area (Å²) in [6, 6.07) is 5.80. The van der Waals surface area contributed by atoms with E-state index in [-0.39, 0.29) is 12.1 Å². The van der Waals surface area contributed by atoms with Crippen LogP contribution in [0.15, 0.2) is 24.4 Å². The number of piperidine rings is 1. The number of hydrogen-bond donors (Lipinski definition) is 3. The molecule has 1 aliphatic heterocycles. The molecule has 1 fully saturated rings. The Kier molecular flexibility index (Phi) is 5.96. The summed E-state index contributed by atoms with van der Waals surface area (Å²) in [5.74, 6) is 0.796. The van der Waals surface area contributed by atoms with Gasteiger partial charge in [-0.05, 0) is 38.8 Å². The lowest BCUT2D eigenvalue weighted by Gasteiger charge is -2.30. The van der Waals surface area contributed by atoms with E-state index in [0.717, 1.165) is 30.3 Å². The first-order valence-electron chi connectivity index (χ1n) is 9.91. The molecule has 0 spiro atoms. The summed E-state index contributed by atoms with van der Waals surface area (Å²) < 4.78 is 5.09. The van der Waals surface area contributed by atoms with Gasteiger partial charge in [-0.15, -0.1) is 0 Å². The molecule has 0 saturated carbocycles. The molecule has 0 radical (unpaired) electrons. The SMILES string of the molecule is CCOC(=O)c1sc(Nc2nc(-c3ccc[nH]3)cc(N3CCC(O)CC3)n2)nc1C. The number of aryl methyl sites for hydroxylation is 1. The van der Waals surface area contributed by atoms with Crippen molar-refractivity contribution in [2.24, 2.45) is 0 Å². The largest absolute Gasteiger partial charge is 0.462 e. The van der Waals surface area contributed by atoms with Crippen molar-refractivity contribution >= 4 is 34.2 Å². The van der Waals surface area contributed by atoms with Crippen molar-refractivity contribution in [1.82, 2.24) is 19.9 Å². The maximum atomic E-state index is 12.1. The van der Waals surface area contributed by atoms with Crippen molar-refractivity contribution in [1.29, 1.82) is 0 Å². The molecular formula is C20H24N6O3S. The molecule has 0 amide bonds. The number of carbonyl (C=O) groups excluding carboxylic acids is 1. The van der Waals surface area contributed by atoms with Gasteiger partial charge in [0.15, 0.2) is 5.13 Å². The number of nitrogens with zero attached hydrogens (tertiary/aromatic N) is 4. The highest BCUT2D eigenvalue weighted by molar-refractivity contribution is 7.17. The average Bonchev–Trinajstić information content (AvgIpc) is 3.38. The number of aliphatic hydroxyl groups is 1. The number of esters is 1. The van der Waals surface area contributed by atoms with E-state index in [0.29, 0.717) is 41.1 Å². The third kappa shape index (κ3) is 4.44. The van der Waals surface area contributed by atoms with Gasteiger partial charge in [0.1, 0.15) is 10.7 Å². The molecular weight excluding hydrogens is 404 g/mol. The molecule has 4 heterocycles. The zero-order chi connectivity index (χ0) is 21.1. The number of hydrogen-bond acceptors (Lipinski definition) is 9. The van der Waals surface area contributed by atoms with Crippen molar-refractivity contribution in [2.75, 3.05) is 29.9 Å². The summed E-state index contributed by atoms with van der Waals surface area (Å²) in [7, 11) is 0. The monoisotopic (exact) mass is 428 g/mol. The van der Waals surface area contributed by atoms with Crippen molar-refractivity contribution in [3.8, 4) is 11.4 Å². The van der Waals surface area contributed by atoms with Gasteiger partial charge in [-0.1, -0.05) is 11.3 Å². The maximum absolute atomic E-state index is 12.1. The average molecular weight is 429 g/mol. The van der Waals surface area contributed by atoms with Crippen molar-refractivity contribution in [3.05, 3.63) is 35.0 Å². The maximum Gasteiger partial charge on any atom is 0.350 e. The molecule has 1 aliphatic rings. The lowest BCUT2D eigenvalue weighted by atomic mass is 10.1. The van der Waals surface area contributed by atoms with E-state index in [4.69, 9.17) is 4.74 Å². The summed E-state index contributed by atoms with van der Waals surface area (Å²) >= 11 is 1.22. The molecule has 4 rings (SSSR count). The highest BCUT2D eigenvalue weighted by atomic mass is 32.1. The van der Waals surface area contributed by atoms with Crippen LogP contribution in [-0.2, 0) is 4.74 Å². The minimum atomic E-state index is -0.380. The molecule has 1 saturated heterocycles. The first-order chi connectivity index (χ1) is 14.5. The van der Waals surface area contributed by atoms with Gasteiger partial charge in [-0.25, -0.2) is 14.8 Å². The molecule has 30 heavy (non-hydrogen) atoms. The molecule has 0 aliphatic carbocycles. The molecule has 3 aromatic heterocycles. The van der Waals surface area contributed by atoms with Crippen LogP contribution in [0.25, 0.3) is 11.4 Å². The molecule has 0 bridgehead atoms. The van der Waals surface area contributed by atoms with Gasteiger partial charge in [-0.2, -0.15) is 4.98 Å². The number of carbonyl (C=O) groups is 1. The van der Waals surface area contributed by atoms with Gasteiger partial charge in [-0.3, -0.25) is 5.32 Å². The van der Waals surface area contributed by atoms with Crippen LogP contribution < -0.4 is 10.2 Å². The Hall–Kier alpha value is -2.98. The van der Waals surface area contributed by atoms with Gasteiger partial charge in [0, 0.05) is 25.4 Å². The zero-order valence-corrected chi connectivity index (χ0v) is 17.7. The summed E-state index contributed by atoms with van der Waals surface area (Å²) in [5, 5.41) is 13.5. The molecule has 158 valence electrons. The number of aliphatic hydroxyl groups excluding tert-OH is 1. The van der Waals surface area contributed by atoms with Gasteiger partial charge in [0.2, 0.25) is 5.95 Å². The number of aromatic amines is 1. The molecule has 3 aromatic rings. The van der Waals surface area contributed by atoms with E-state index >= 15 is 0 Å². The topological polar surface area (TPSA) is 116 Å². The van der Waals surface area contributed by atoms with E-state index in [2.05, 4.69) is 30.2 Å². The summed E-state index contributed by atoms with van der Waals surface area (Å²) in [6.45, 7) is 5.31. The minimum absolute atomic E-state index is 0.261. The van der Waals surface area contributed by atoms with E-state index < -0.39 is 0 Å². The Bertz CT molecular complexity index is 1010. The Morgan fingerprint density at radius 2 is 2.17 bits per heavy atom. The lowest BCUT2D eigenvalue weighted by Crippen LogP contribution is -2.36. The predicted molar refractivity (Wildman–Crippen MR) is 115 cm³/mol. The molecule has 3 N–H and O–H groups in total. The Balaban J connectivity index is 1.64. The van der Waals surface area contributed by atoms with Crippen LogP contribution in [0.3, 0.4) is 0 Å². The number of thiazole rings is 1. The second-order valence-electron chi connectivity index (χ2n) is 7.02. The molecule has 9 nitrogen and oxygen atoms in total. The van der Waals surface area contributed by atoms with Crippen LogP contribution in [0.5, 0.6) is 0 Å². The summed E-state index contributed by atoms with van der Waals surface area (Å²) in [4.78, 5) is 31.6. The quantitative estimate of drug-likeness (QED) is 0.513. The highest BCUT2D eigenvalue weighted by Gasteiger charge is 2.21. The number of ether oxygens (including phenoxy) is 1. The van der Waals surface area contributed by atoms with E-state index in [1.807, 2.05) is 24.4 Å². The van der Waals surface area contributed by atoms with Crippen LogP contribution in [0.1, 0.15) is 35.1 Å². The van der Waals surface area contributed by atoms with E-state index in [9.17, 15) is 9.90 Å². The number of anilines is 3. The fourth-order valence-corrected chi connectivity index (χ4v) is 4.16.